The van der Waals surface area contributed by atoms with Gasteiger partial charge in [0.05, 0.1) is 12.2 Å². The van der Waals surface area contributed by atoms with E-state index in [1.54, 1.807) is 13.0 Å². The van der Waals surface area contributed by atoms with Gasteiger partial charge in [0.1, 0.15) is 0 Å². The second kappa shape index (κ2) is 4.24. The summed E-state index contributed by atoms with van der Waals surface area (Å²) in [6.07, 6.45) is 6.90. The molecule has 0 amide bonds. The first kappa shape index (κ1) is 9.87. The van der Waals surface area contributed by atoms with Crippen molar-refractivity contribution in [3.63, 3.8) is 0 Å². The van der Waals surface area contributed by atoms with E-state index in [2.05, 4.69) is 4.90 Å². The van der Waals surface area contributed by atoms with E-state index < -0.39 is 0 Å². The van der Waals surface area contributed by atoms with Crippen LogP contribution >= 0.6 is 0 Å². The van der Waals surface area contributed by atoms with Crippen LogP contribution in [0.5, 0.6) is 0 Å². The fourth-order valence-corrected chi connectivity index (χ4v) is 2.22. The molecular weight excluding hydrogens is 178 g/mol. The number of nitrogens with zero attached hydrogens (tertiary/aromatic N) is 1. The number of ketones is 1. The highest BCUT2D eigenvalue weighted by molar-refractivity contribution is 5.87. The van der Waals surface area contributed by atoms with Crippen LogP contribution in [-0.2, 0) is 9.53 Å². The van der Waals surface area contributed by atoms with E-state index in [4.69, 9.17) is 4.74 Å². The Morgan fingerprint density at radius 1 is 1.43 bits per heavy atom. The van der Waals surface area contributed by atoms with Crippen molar-refractivity contribution < 1.29 is 9.53 Å². The molecule has 3 heteroatoms. The Morgan fingerprint density at radius 2 is 2.07 bits per heavy atom. The Morgan fingerprint density at radius 3 is 2.64 bits per heavy atom. The van der Waals surface area contributed by atoms with Crippen LogP contribution in [0.25, 0.3) is 0 Å². The third kappa shape index (κ3) is 2.42. The number of carbonyl (C=O) groups is 1. The smallest absolute Gasteiger partial charge is 0.152 e. The van der Waals surface area contributed by atoms with Gasteiger partial charge in [-0.2, -0.15) is 0 Å². The Hall–Kier alpha value is -0.670. The Balaban J connectivity index is 1.79. The summed E-state index contributed by atoms with van der Waals surface area (Å²) >= 11 is 0. The van der Waals surface area contributed by atoms with Gasteiger partial charge in [-0.15, -0.1) is 0 Å². The van der Waals surface area contributed by atoms with E-state index >= 15 is 0 Å². The molecule has 0 aromatic rings. The van der Waals surface area contributed by atoms with Gasteiger partial charge in [-0.25, -0.2) is 0 Å². The number of ether oxygens (including phenoxy) is 1. The molecule has 2 atom stereocenters. The second-order valence-electron chi connectivity index (χ2n) is 4.19. The van der Waals surface area contributed by atoms with Gasteiger partial charge >= 0.3 is 0 Å². The van der Waals surface area contributed by atoms with Crippen molar-refractivity contribution in [3.8, 4) is 0 Å². The summed E-state index contributed by atoms with van der Waals surface area (Å²) in [5.74, 6) is 0.126. The number of fused-ring (bicyclic) bond motifs is 2. The Labute approximate surface area is 84.7 Å². The van der Waals surface area contributed by atoms with Crippen molar-refractivity contribution in [3.05, 3.63) is 12.2 Å². The molecule has 0 N–H and O–H groups in total. The maximum absolute atomic E-state index is 10.7. The van der Waals surface area contributed by atoms with Gasteiger partial charge < -0.3 is 4.74 Å². The lowest BCUT2D eigenvalue weighted by molar-refractivity contribution is -0.112. The van der Waals surface area contributed by atoms with Gasteiger partial charge in [-0.05, 0) is 25.8 Å². The molecule has 2 aliphatic rings. The molecule has 0 aromatic carbocycles. The number of hydrogen-bond donors (Lipinski definition) is 0. The van der Waals surface area contributed by atoms with Gasteiger partial charge in [0.25, 0.3) is 0 Å². The van der Waals surface area contributed by atoms with Crippen molar-refractivity contribution >= 4 is 5.78 Å². The molecule has 2 rings (SSSR count). The molecular formula is C11H17NO2. The van der Waals surface area contributed by atoms with E-state index in [9.17, 15) is 4.79 Å². The highest BCUT2D eigenvalue weighted by atomic mass is 16.5. The van der Waals surface area contributed by atoms with Gasteiger partial charge in [0.15, 0.2) is 5.78 Å². The largest absolute Gasteiger partial charge is 0.372 e. The van der Waals surface area contributed by atoms with Crippen LogP contribution < -0.4 is 0 Å². The van der Waals surface area contributed by atoms with Crippen molar-refractivity contribution in [2.45, 2.75) is 32.0 Å². The number of morpholine rings is 1. The standard InChI is InChI=1S/C11H17NO2/c1-9(13)3-2-6-12-7-10-4-5-11(8-12)14-10/h2-3,10-11H,4-8H2,1H3/b3-2+/t10-,11+. The highest BCUT2D eigenvalue weighted by Gasteiger charge is 2.32. The topological polar surface area (TPSA) is 29.5 Å². The van der Waals surface area contributed by atoms with Crippen LogP contribution in [0.3, 0.4) is 0 Å². The van der Waals surface area contributed by atoms with Crippen molar-refractivity contribution in [2.75, 3.05) is 19.6 Å². The molecule has 2 saturated heterocycles. The molecule has 2 aliphatic heterocycles. The number of allylic oxidation sites excluding steroid dienone is 1. The fraction of sp³-hybridized carbons (Fsp3) is 0.727. The van der Waals surface area contributed by atoms with Crippen LogP contribution in [-0.4, -0.2) is 42.5 Å². The summed E-state index contributed by atoms with van der Waals surface area (Å²) in [6, 6.07) is 0. The van der Waals surface area contributed by atoms with E-state index in [0.29, 0.717) is 12.2 Å². The maximum Gasteiger partial charge on any atom is 0.152 e. The second-order valence-corrected chi connectivity index (χ2v) is 4.19. The van der Waals surface area contributed by atoms with E-state index in [-0.39, 0.29) is 5.78 Å². The van der Waals surface area contributed by atoms with Gasteiger partial charge in [-0.1, -0.05) is 6.08 Å². The minimum absolute atomic E-state index is 0.126. The Kier molecular flexibility index (Phi) is 2.99. The zero-order chi connectivity index (χ0) is 9.97. The van der Waals surface area contributed by atoms with Gasteiger partial charge in [0.2, 0.25) is 0 Å². The lowest BCUT2D eigenvalue weighted by atomic mass is 10.2. The number of rotatable bonds is 3. The van der Waals surface area contributed by atoms with E-state index in [1.165, 1.54) is 12.8 Å². The molecule has 0 radical (unpaired) electrons. The molecule has 2 fully saturated rings. The average molecular weight is 195 g/mol. The molecule has 0 aliphatic carbocycles. The lowest BCUT2D eigenvalue weighted by Gasteiger charge is -2.31. The summed E-state index contributed by atoms with van der Waals surface area (Å²) in [4.78, 5) is 13.1. The zero-order valence-corrected chi connectivity index (χ0v) is 8.61. The molecule has 0 spiro atoms. The molecule has 78 valence electrons. The maximum atomic E-state index is 10.7. The number of carbonyl (C=O) groups excluding carboxylic acids is 1. The lowest BCUT2D eigenvalue weighted by Crippen LogP contribution is -2.42. The third-order valence-corrected chi connectivity index (χ3v) is 2.84. The van der Waals surface area contributed by atoms with Crippen LogP contribution in [0.2, 0.25) is 0 Å². The first-order valence-corrected chi connectivity index (χ1v) is 5.29. The minimum Gasteiger partial charge on any atom is -0.372 e. The average Bonchev–Trinajstić information content (AvgIpc) is 2.45. The summed E-state index contributed by atoms with van der Waals surface area (Å²) in [5.41, 5.74) is 0. The third-order valence-electron chi connectivity index (χ3n) is 2.84. The number of hydrogen-bond acceptors (Lipinski definition) is 3. The van der Waals surface area contributed by atoms with Crippen LogP contribution in [0, 0.1) is 0 Å². The van der Waals surface area contributed by atoms with E-state index in [0.717, 1.165) is 19.6 Å². The zero-order valence-electron chi connectivity index (χ0n) is 8.61. The molecule has 14 heavy (non-hydrogen) atoms. The SMILES string of the molecule is CC(=O)/C=C/CN1C[C@H]2CC[C@@H](C1)O2. The summed E-state index contributed by atoms with van der Waals surface area (Å²) in [6.45, 7) is 4.52. The molecule has 2 bridgehead atoms. The molecule has 0 aromatic heterocycles. The summed E-state index contributed by atoms with van der Waals surface area (Å²) in [7, 11) is 0. The first-order chi connectivity index (χ1) is 6.74. The molecule has 3 nitrogen and oxygen atoms in total. The predicted octanol–water partition coefficient (Wildman–Crippen LogP) is 0.995. The highest BCUT2D eigenvalue weighted by Crippen LogP contribution is 2.25. The van der Waals surface area contributed by atoms with Crippen molar-refractivity contribution in [1.29, 1.82) is 0 Å². The monoisotopic (exact) mass is 195 g/mol. The minimum atomic E-state index is 0.126. The first-order valence-electron chi connectivity index (χ1n) is 5.29. The Bertz CT molecular complexity index is 238. The van der Waals surface area contributed by atoms with Crippen molar-refractivity contribution in [1.82, 2.24) is 4.90 Å². The summed E-state index contributed by atoms with van der Waals surface area (Å²) < 4.78 is 5.72. The van der Waals surface area contributed by atoms with Gasteiger partial charge in [0, 0.05) is 19.6 Å². The quantitative estimate of drug-likeness (QED) is 0.629. The number of likely N-dealkylation sites (tertiary alicyclic amines) is 1. The van der Waals surface area contributed by atoms with E-state index in [1.807, 2.05) is 6.08 Å². The molecule has 2 heterocycles. The van der Waals surface area contributed by atoms with Crippen LogP contribution in [0.15, 0.2) is 12.2 Å². The normalized spacial score (nSPS) is 32.6. The van der Waals surface area contributed by atoms with Crippen molar-refractivity contribution in [2.24, 2.45) is 0 Å². The summed E-state index contributed by atoms with van der Waals surface area (Å²) in [5, 5.41) is 0. The predicted molar refractivity (Wildman–Crippen MR) is 54.2 cm³/mol. The van der Waals surface area contributed by atoms with Gasteiger partial charge in [-0.3, -0.25) is 9.69 Å². The van der Waals surface area contributed by atoms with Crippen LogP contribution in [0.1, 0.15) is 19.8 Å². The molecule has 0 saturated carbocycles. The van der Waals surface area contributed by atoms with Crippen LogP contribution in [0.4, 0.5) is 0 Å². The molecule has 0 unspecified atom stereocenters. The fourth-order valence-electron chi connectivity index (χ4n) is 2.22.